The molecule has 1 atom stereocenters. The van der Waals surface area contributed by atoms with E-state index in [4.69, 9.17) is 0 Å². The maximum absolute atomic E-state index is 4.43. The zero-order valence-corrected chi connectivity index (χ0v) is 15.3. The molecular weight excluding hydrogens is 314 g/mol. The Kier molecular flexibility index (Phi) is 5.65. The zero-order valence-electron chi connectivity index (χ0n) is 15.3. The maximum Gasteiger partial charge on any atom is 0.194 e. The van der Waals surface area contributed by atoms with Gasteiger partial charge in [0, 0.05) is 39.8 Å². The van der Waals surface area contributed by atoms with E-state index in [0.29, 0.717) is 12.6 Å². The quantitative estimate of drug-likeness (QED) is 0.652. The van der Waals surface area contributed by atoms with E-state index >= 15 is 0 Å². The van der Waals surface area contributed by atoms with Gasteiger partial charge in [0.05, 0.1) is 6.54 Å². The maximum atomic E-state index is 4.43. The van der Waals surface area contributed by atoms with Gasteiger partial charge in [-0.3, -0.25) is 14.6 Å². The highest BCUT2D eigenvalue weighted by molar-refractivity contribution is 5.80. The van der Waals surface area contributed by atoms with Gasteiger partial charge in [-0.1, -0.05) is 30.3 Å². The molecule has 1 fully saturated rings. The predicted molar refractivity (Wildman–Crippen MR) is 99.1 cm³/mol. The van der Waals surface area contributed by atoms with Gasteiger partial charge in [-0.2, -0.15) is 5.10 Å². The van der Waals surface area contributed by atoms with Crippen molar-refractivity contribution in [3.05, 3.63) is 48.0 Å². The lowest BCUT2D eigenvalue weighted by atomic mass is 10.1. The van der Waals surface area contributed by atoms with E-state index in [0.717, 1.165) is 37.8 Å². The van der Waals surface area contributed by atoms with Crippen LogP contribution in [0, 0.1) is 0 Å². The smallest absolute Gasteiger partial charge is 0.194 e. The molecule has 25 heavy (non-hydrogen) atoms. The Morgan fingerprint density at radius 1 is 1.36 bits per heavy atom. The standard InChI is InChI=1S/C18H27N7/c1-19-18(20-11-17-21-14-22-24(17)3)25-10-9-16(13-25)23(2)12-15-7-5-4-6-8-15/h4-8,14,16H,9-13H2,1-3H3,(H,19,20)/t16-/m0/s1. The largest absolute Gasteiger partial charge is 0.349 e. The van der Waals surface area contributed by atoms with E-state index in [1.165, 1.54) is 5.56 Å². The van der Waals surface area contributed by atoms with Gasteiger partial charge in [-0.15, -0.1) is 0 Å². The van der Waals surface area contributed by atoms with Gasteiger partial charge in [-0.25, -0.2) is 4.98 Å². The van der Waals surface area contributed by atoms with Crippen molar-refractivity contribution in [3.8, 4) is 0 Å². The SMILES string of the molecule is CN=C(NCc1ncnn1C)N1CC[C@H](N(C)Cc2ccccc2)C1. The summed E-state index contributed by atoms with van der Waals surface area (Å²) in [5.74, 6) is 1.83. The van der Waals surface area contributed by atoms with Crippen LogP contribution in [0.25, 0.3) is 0 Å². The van der Waals surface area contributed by atoms with Crippen molar-refractivity contribution < 1.29 is 0 Å². The van der Waals surface area contributed by atoms with Crippen LogP contribution in [0.4, 0.5) is 0 Å². The number of likely N-dealkylation sites (tertiary alicyclic amines) is 1. The van der Waals surface area contributed by atoms with Crippen LogP contribution in [-0.4, -0.2) is 63.8 Å². The number of hydrogen-bond donors (Lipinski definition) is 1. The van der Waals surface area contributed by atoms with Crippen LogP contribution in [0.15, 0.2) is 41.7 Å². The molecule has 0 saturated carbocycles. The van der Waals surface area contributed by atoms with Crippen molar-refractivity contribution >= 4 is 5.96 Å². The third-order valence-electron chi connectivity index (χ3n) is 4.78. The number of nitrogens with zero attached hydrogens (tertiary/aromatic N) is 6. The van der Waals surface area contributed by atoms with E-state index < -0.39 is 0 Å². The molecule has 7 nitrogen and oxygen atoms in total. The molecule has 7 heteroatoms. The summed E-state index contributed by atoms with van der Waals surface area (Å²) in [5, 5.41) is 7.50. The van der Waals surface area contributed by atoms with Gasteiger partial charge in [0.2, 0.25) is 0 Å². The van der Waals surface area contributed by atoms with Crippen molar-refractivity contribution in [1.29, 1.82) is 0 Å². The lowest BCUT2D eigenvalue weighted by Gasteiger charge is -2.26. The number of guanidine groups is 1. The topological polar surface area (TPSA) is 61.6 Å². The van der Waals surface area contributed by atoms with Gasteiger partial charge >= 0.3 is 0 Å². The van der Waals surface area contributed by atoms with E-state index in [-0.39, 0.29) is 0 Å². The summed E-state index contributed by atoms with van der Waals surface area (Å²) in [7, 11) is 5.94. The Bertz CT molecular complexity index is 694. The third-order valence-corrected chi connectivity index (χ3v) is 4.78. The number of aliphatic imine (C=N–C) groups is 1. The van der Waals surface area contributed by atoms with Crippen LogP contribution in [-0.2, 0) is 20.1 Å². The Balaban J connectivity index is 1.52. The summed E-state index contributed by atoms with van der Waals surface area (Å²) in [6.07, 6.45) is 2.72. The van der Waals surface area contributed by atoms with Gasteiger partial charge in [-0.05, 0) is 19.0 Å². The molecule has 2 aromatic rings. The Hall–Kier alpha value is -2.41. The molecule has 0 aliphatic carbocycles. The van der Waals surface area contributed by atoms with Gasteiger partial charge in [0.25, 0.3) is 0 Å². The monoisotopic (exact) mass is 341 g/mol. The van der Waals surface area contributed by atoms with Crippen molar-refractivity contribution in [2.24, 2.45) is 12.0 Å². The Labute approximate surface area is 149 Å². The minimum atomic E-state index is 0.536. The van der Waals surface area contributed by atoms with E-state index in [9.17, 15) is 0 Å². The van der Waals surface area contributed by atoms with Crippen LogP contribution >= 0.6 is 0 Å². The minimum absolute atomic E-state index is 0.536. The molecule has 0 radical (unpaired) electrons. The fraction of sp³-hybridized carbons (Fsp3) is 0.500. The number of aromatic nitrogens is 3. The summed E-state index contributed by atoms with van der Waals surface area (Å²) < 4.78 is 1.78. The van der Waals surface area contributed by atoms with Crippen molar-refractivity contribution in [2.75, 3.05) is 27.2 Å². The molecule has 1 N–H and O–H groups in total. The Morgan fingerprint density at radius 2 is 2.16 bits per heavy atom. The summed E-state index contributed by atoms with van der Waals surface area (Å²) >= 11 is 0. The van der Waals surface area contributed by atoms with E-state index in [1.807, 2.05) is 14.1 Å². The van der Waals surface area contributed by atoms with Crippen molar-refractivity contribution in [1.82, 2.24) is 29.9 Å². The third kappa shape index (κ3) is 4.36. The molecule has 1 aromatic heterocycles. The zero-order chi connectivity index (χ0) is 17.6. The molecule has 1 saturated heterocycles. The van der Waals surface area contributed by atoms with Crippen LogP contribution in [0.2, 0.25) is 0 Å². The molecular formula is C18H27N7. The molecule has 1 aromatic carbocycles. The fourth-order valence-electron chi connectivity index (χ4n) is 3.27. The highest BCUT2D eigenvalue weighted by Crippen LogP contribution is 2.17. The van der Waals surface area contributed by atoms with Crippen LogP contribution in [0.5, 0.6) is 0 Å². The minimum Gasteiger partial charge on any atom is -0.349 e. The second kappa shape index (κ2) is 8.11. The predicted octanol–water partition coefficient (Wildman–Crippen LogP) is 1.10. The summed E-state index contributed by atoms with van der Waals surface area (Å²) in [6, 6.07) is 11.2. The van der Waals surface area contributed by atoms with Crippen LogP contribution in [0.1, 0.15) is 17.8 Å². The van der Waals surface area contributed by atoms with E-state index in [1.54, 1.807) is 11.0 Å². The van der Waals surface area contributed by atoms with Gasteiger partial charge < -0.3 is 10.2 Å². The first kappa shape index (κ1) is 17.4. The number of benzene rings is 1. The average molecular weight is 341 g/mol. The summed E-state index contributed by atoms with van der Waals surface area (Å²) in [5.41, 5.74) is 1.35. The average Bonchev–Trinajstić information content (AvgIpc) is 3.26. The fourth-order valence-corrected chi connectivity index (χ4v) is 3.27. The number of hydrogen-bond acceptors (Lipinski definition) is 4. The van der Waals surface area contributed by atoms with Crippen LogP contribution in [0.3, 0.4) is 0 Å². The van der Waals surface area contributed by atoms with Crippen molar-refractivity contribution in [3.63, 3.8) is 0 Å². The molecule has 3 rings (SSSR count). The first-order chi connectivity index (χ1) is 12.2. The number of aryl methyl sites for hydroxylation is 1. The molecule has 0 bridgehead atoms. The van der Waals surface area contributed by atoms with Gasteiger partial charge in [0.1, 0.15) is 12.2 Å². The first-order valence-corrected chi connectivity index (χ1v) is 8.70. The number of likely N-dealkylation sites (N-methyl/N-ethyl adjacent to an activating group) is 1. The Morgan fingerprint density at radius 3 is 2.84 bits per heavy atom. The van der Waals surface area contributed by atoms with Crippen molar-refractivity contribution in [2.45, 2.75) is 25.6 Å². The molecule has 1 aliphatic heterocycles. The number of nitrogens with one attached hydrogen (secondary N) is 1. The highest BCUT2D eigenvalue weighted by atomic mass is 15.4. The normalized spacial score (nSPS) is 18.2. The molecule has 0 spiro atoms. The van der Waals surface area contributed by atoms with Crippen LogP contribution < -0.4 is 5.32 Å². The second-order valence-electron chi connectivity index (χ2n) is 6.49. The summed E-state index contributed by atoms with van der Waals surface area (Å²) in [4.78, 5) is 13.4. The molecule has 0 amide bonds. The second-order valence-corrected chi connectivity index (χ2v) is 6.49. The molecule has 1 aliphatic rings. The molecule has 134 valence electrons. The lowest BCUT2D eigenvalue weighted by molar-refractivity contribution is 0.240. The lowest BCUT2D eigenvalue weighted by Crippen LogP contribution is -2.42. The molecule has 0 unspecified atom stereocenters. The highest BCUT2D eigenvalue weighted by Gasteiger charge is 2.27. The summed E-state index contributed by atoms with van der Waals surface area (Å²) in [6.45, 7) is 3.61. The molecule has 2 heterocycles. The van der Waals surface area contributed by atoms with Gasteiger partial charge in [0.15, 0.2) is 5.96 Å². The number of rotatable bonds is 5. The first-order valence-electron chi connectivity index (χ1n) is 8.70. The van der Waals surface area contributed by atoms with E-state index in [2.05, 4.69) is 67.6 Å².